The zero-order valence-corrected chi connectivity index (χ0v) is 13.4. The summed E-state index contributed by atoms with van der Waals surface area (Å²) in [5.74, 6) is 1.78. The molecule has 0 heterocycles. The highest BCUT2D eigenvalue weighted by Crippen LogP contribution is 2.26. The van der Waals surface area contributed by atoms with Crippen molar-refractivity contribution in [2.75, 3.05) is 6.54 Å². The van der Waals surface area contributed by atoms with Crippen LogP contribution >= 0.6 is 0 Å². The third-order valence-electron chi connectivity index (χ3n) is 3.77. The molecule has 0 aliphatic carbocycles. The quantitative estimate of drug-likeness (QED) is 0.791. The average Bonchev–Trinajstić information content (AvgIpc) is 2.49. The van der Waals surface area contributed by atoms with Gasteiger partial charge in [0, 0.05) is 6.04 Å². The van der Waals surface area contributed by atoms with E-state index in [2.05, 4.69) is 63.3 Å². The van der Waals surface area contributed by atoms with Gasteiger partial charge in [-0.25, -0.2) is 0 Å². The predicted molar refractivity (Wildman–Crippen MR) is 89.1 cm³/mol. The minimum Gasteiger partial charge on any atom is -0.457 e. The summed E-state index contributed by atoms with van der Waals surface area (Å²) >= 11 is 0. The first kappa shape index (κ1) is 15.6. The van der Waals surface area contributed by atoms with E-state index < -0.39 is 0 Å². The van der Waals surface area contributed by atoms with Gasteiger partial charge in [-0.2, -0.15) is 0 Å². The lowest BCUT2D eigenvalue weighted by Crippen LogP contribution is -2.19. The number of nitrogens with one attached hydrogen (secondary N) is 1. The first-order valence-electron chi connectivity index (χ1n) is 7.68. The standard InChI is InChI=1S/C19H25NO/c1-5-11-20-16(4)17-7-6-8-18(13-17)21-19-10-9-14(2)15(3)12-19/h6-10,12-13,16,20H,5,11H2,1-4H3. The van der Waals surface area contributed by atoms with Crippen LogP contribution in [0.2, 0.25) is 0 Å². The summed E-state index contributed by atoms with van der Waals surface area (Å²) in [5, 5.41) is 3.50. The van der Waals surface area contributed by atoms with Crippen molar-refractivity contribution < 1.29 is 4.74 Å². The van der Waals surface area contributed by atoms with E-state index in [1.165, 1.54) is 16.7 Å². The van der Waals surface area contributed by atoms with E-state index in [9.17, 15) is 0 Å². The monoisotopic (exact) mass is 283 g/mol. The molecule has 2 heteroatoms. The average molecular weight is 283 g/mol. The summed E-state index contributed by atoms with van der Waals surface area (Å²) < 4.78 is 5.98. The van der Waals surface area contributed by atoms with Crippen molar-refractivity contribution in [3.05, 3.63) is 59.2 Å². The number of rotatable bonds is 6. The number of ether oxygens (including phenoxy) is 1. The smallest absolute Gasteiger partial charge is 0.127 e. The number of benzene rings is 2. The highest BCUT2D eigenvalue weighted by atomic mass is 16.5. The van der Waals surface area contributed by atoms with Crippen LogP contribution in [-0.2, 0) is 0 Å². The molecule has 0 saturated carbocycles. The van der Waals surface area contributed by atoms with Gasteiger partial charge in [-0.1, -0.05) is 25.1 Å². The van der Waals surface area contributed by atoms with Crippen LogP contribution in [0.4, 0.5) is 0 Å². The molecule has 0 bridgehead atoms. The first-order chi connectivity index (χ1) is 10.1. The molecular formula is C19H25NO. The number of hydrogen-bond acceptors (Lipinski definition) is 2. The van der Waals surface area contributed by atoms with Gasteiger partial charge >= 0.3 is 0 Å². The lowest BCUT2D eigenvalue weighted by molar-refractivity contribution is 0.479. The number of hydrogen-bond donors (Lipinski definition) is 1. The second-order valence-electron chi connectivity index (χ2n) is 5.60. The molecule has 2 aromatic rings. The van der Waals surface area contributed by atoms with E-state index in [1.54, 1.807) is 0 Å². The number of aryl methyl sites for hydroxylation is 2. The Morgan fingerprint density at radius 1 is 1.00 bits per heavy atom. The normalized spacial score (nSPS) is 12.2. The van der Waals surface area contributed by atoms with E-state index in [0.29, 0.717) is 6.04 Å². The molecule has 0 amide bonds. The summed E-state index contributed by atoms with van der Waals surface area (Å²) in [7, 11) is 0. The maximum atomic E-state index is 5.98. The Morgan fingerprint density at radius 2 is 1.76 bits per heavy atom. The SMILES string of the molecule is CCCNC(C)c1cccc(Oc2ccc(C)c(C)c2)c1. The zero-order valence-electron chi connectivity index (χ0n) is 13.4. The third kappa shape index (κ3) is 4.33. The highest BCUT2D eigenvalue weighted by Gasteiger charge is 2.06. The van der Waals surface area contributed by atoms with Gasteiger partial charge in [0.2, 0.25) is 0 Å². The summed E-state index contributed by atoms with van der Waals surface area (Å²) in [5.41, 5.74) is 3.79. The van der Waals surface area contributed by atoms with Gasteiger partial charge in [0.15, 0.2) is 0 Å². The van der Waals surface area contributed by atoms with Crippen LogP contribution in [0.25, 0.3) is 0 Å². The van der Waals surface area contributed by atoms with Crippen LogP contribution in [0.1, 0.15) is 43.0 Å². The topological polar surface area (TPSA) is 21.3 Å². The maximum Gasteiger partial charge on any atom is 0.127 e. The molecule has 1 atom stereocenters. The molecule has 0 fully saturated rings. The van der Waals surface area contributed by atoms with Crippen LogP contribution in [0.3, 0.4) is 0 Å². The second kappa shape index (κ2) is 7.28. The Bertz CT molecular complexity index is 592. The molecule has 112 valence electrons. The highest BCUT2D eigenvalue weighted by molar-refractivity contribution is 5.38. The minimum absolute atomic E-state index is 0.341. The lowest BCUT2D eigenvalue weighted by Gasteiger charge is -2.15. The van der Waals surface area contributed by atoms with E-state index in [-0.39, 0.29) is 0 Å². The summed E-state index contributed by atoms with van der Waals surface area (Å²) in [6.07, 6.45) is 1.14. The van der Waals surface area contributed by atoms with E-state index in [0.717, 1.165) is 24.5 Å². The maximum absolute atomic E-state index is 5.98. The molecule has 1 unspecified atom stereocenters. The van der Waals surface area contributed by atoms with Crippen molar-refractivity contribution in [2.45, 2.75) is 40.2 Å². The first-order valence-corrected chi connectivity index (χ1v) is 7.68. The molecule has 0 spiro atoms. The molecule has 0 aliphatic rings. The van der Waals surface area contributed by atoms with Gasteiger partial charge in [0.1, 0.15) is 11.5 Å². The fourth-order valence-electron chi connectivity index (χ4n) is 2.24. The van der Waals surface area contributed by atoms with Gasteiger partial charge in [-0.3, -0.25) is 0 Å². The Kier molecular flexibility index (Phi) is 5.40. The summed E-state index contributed by atoms with van der Waals surface area (Å²) in [6.45, 7) is 9.61. The van der Waals surface area contributed by atoms with Crippen molar-refractivity contribution in [1.29, 1.82) is 0 Å². The molecule has 21 heavy (non-hydrogen) atoms. The van der Waals surface area contributed by atoms with Gasteiger partial charge in [0.05, 0.1) is 0 Å². The third-order valence-corrected chi connectivity index (χ3v) is 3.77. The second-order valence-corrected chi connectivity index (χ2v) is 5.60. The van der Waals surface area contributed by atoms with Crippen LogP contribution in [0.15, 0.2) is 42.5 Å². The fraction of sp³-hybridized carbons (Fsp3) is 0.368. The van der Waals surface area contributed by atoms with Crippen molar-refractivity contribution in [3.63, 3.8) is 0 Å². The Balaban J connectivity index is 2.11. The van der Waals surface area contributed by atoms with Gasteiger partial charge < -0.3 is 10.1 Å². The molecule has 2 rings (SSSR count). The fourth-order valence-corrected chi connectivity index (χ4v) is 2.24. The minimum atomic E-state index is 0.341. The Morgan fingerprint density at radius 3 is 2.48 bits per heavy atom. The summed E-state index contributed by atoms with van der Waals surface area (Å²) in [6, 6.07) is 14.9. The van der Waals surface area contributed by atoms with Gasteiger partial charge in [0.25, 0.3) is 0 Å². The zero-order chi connectivity index (χ0) is 15.2. The Labute approximate surface area is 128 Å². The molecule has 0 radical (unpaired) electrons. The van der Waals surface area contributed by atoms with Gasteiger partial charge in [-0.05, 0) is 74.7 Å². The lowest BCUT2D eigenvalue weighted by atomic mass is 10.1. The predicted octanol–water partition coefficient (Wildman–Crippen LogP) is 5.16. The molecule has 0 aromatic heterocycles. The van der Waals surface area contributed by atoms with E-state index in [1.807, 2.05) is 12.1 Å². The Hall–Kier alpha value is -1.80. The molecule has 0 aliphatic heterocycles. The molecule has 2 nitrogen and oxygen atoms in total. The van der Waals surface area contributed by atoms with Crippen LogP contribution in [0, 0.1) is 13.8 Å². The van der Waals surface area contributed by atoms with Crippen LogP contribution < -0.4 is 10.1 Å². The van der Waals surface area contributed by atoms with Crippen molar-refractivity contribution in [2.24, 2.45) is 0 Å². The van der Waals surface area contributed by atoms with Crippen LogP contribution in [0.5, 0.6) is 11.5 Å². The van der Waals surface area contributed by atoms with E-state index in [4.69, 9.17) is 4.74 Å². The van der Waals surface area contributed by atoms with Crippen LogP contribution in [-0.4, -0.2) is 6.54 Å². The van der Waals surface area contributed by atoms with Crippen molar-refractivity contribution >= 4 is 0 Å². The molecular weight excluding hydrogens is 258 g/mol. The summed E-state index contributed by atoms with van der Waals surface area (Å²) in [4.78, 5) is 0. The largest absolute Gasteiger partial charge is 0.457 e. The van der Waals surface area contributed by atoms with Crippen molar-refractivity contribution in [1.82, 2.24) is 5.32 Å². The molecule has 2 aromatic carbocycles. The van der Waals surface area contributed by atoms with Crippen molar-refractivity contribution in [3.8, 4) is 11.5 Å². The molecule has 0 saturated heterocycles. The van der Waals surface area contributed by atoms with E-state index >= 15 is 0 Å². The molecule has 1 N–H and O–H groups in total. The van der Waals surface area contributed by atoms with Gasteiger partial charge in [-0.15, -0.1) is 0 Å².